The molecule has 1 heterocycles. The number of esters is 2. The zero-order valence-electron chi connectivity index (χ0n) is 17.9. The highest BCUT2D eigenvalue weighted by Gasteiger charge is 2.43. The summed E-state index contributed by atoms with van der Waals surface area (Å²) in [4.78, 5) is 27.3. The molecular weight excluding hydrogens is 514 g/mol. The number of allylic oxidation sites excluding steroid dienone is 1. The number of halogens is 2. The zero-order chi connectivity index (χ0) is 24.3. The summed E-state index contributed by atoms with van der Waals surface area (Å²) >= 11 is 9.76. The van der Waals surface area contributed by atoms with Gasteiger partial charge < -0.3 is 19.9 Å². The first kappa shape index (κ1) is 24.2. The van der Waals surface area contributed by atoms with Gasteiger partial charge in [-0.05, 0) is 33.6 Å². The first-order chi connectivity index (χ1) is 15.8. The van der Waals surface area contributed by atoms with Crippen molar-refractivity contribution in [3.05, 3.63) is 80.2 Å². The normalized spacial score (nSPS) is 15.8. The highest BCUT2D eigenvalue weighted by Crippen LogP contribution is 2.46. The zero-order valence-corrected chi connectivity index (χ0v) is 20.2. The lowest BCUT2D eigenvalue weighted by atomic mass is 9.81. The minimum Gasteiger partial charge on any atom is -0.495 e. The topological polar surface area (TPSA) is 115 Å². The van der Waals surface area contributed by atoms with Crippen molar-refractivity contribution in [1.29, 1.82) is 5.26 Å². The van der Waals surface area contributed by atoms with Gasteiger partial charge in [-0.1, -0.05) is 41.9 Å². The molecule has 0 spiro atoms. The van der Waals surface area contributed by atoms with E-state index in [1.54, 1.807) is 36.4 Å². The number of nitriles is 1. The molecule has 1 aliphatic heterocycles. The highest BCUT2D eigenvalue weighted by molar-refractivity contribution is 9.10. The van der Waals surface area contributed by atoms with Gasteiger partial charge in [-0.3, -0.25) is 4.90 Å². The molecule has 0 saturated heterocycles. The molecular formula is C23H19BrClN3O5. The summed E-state index contributed by atoms with van der Waals surface area (Å²) in [5, 5.41) is 10.3. The number of hydrogen-bond acceptors (Lipinski definition) is 8. The number of nitrogens with two attached hydrogens (primary N) is 1. The van der Waals surface area contributed by atoms with Gasteiger partial charge in [0.15, 0.2) is 0 Å². The summed E-state index contributed by atoms with van der Waals surface area (Å²) in [5.41, 5.74) is 7.08. The van der Waals surface area contributed by atoms with Crippen LogP contribution in [-0.2, 0) is 19.1 Å². The molecule has 0 amide bonds. The molecule has 0 saturated carbocycles. The average molecular weight is 533 g/mol. The van der Waals surface area contributed by atoms with Gasteiger partial charge >= 0.3 is 11.9 Å². The van der Waals surface area contributed by atoms with Crippen molar-refractivity contribution in [2.75, 3.05) is 26.2 Å². The van der Waals surface area contributed by atoms with Gasteiger partial charge in [0.1, 0.15) is 17.3 Å². The van der Waals surface area contributed by atoms with Crippen LogP contribution in [0.4, 0.5) is 5.69 Å². The predicted octanol–water partition coefficient (Wildman–Crippen LogP) is 4.01. The summed E-state index contributed by atoms with van der Waals surface area (Å²) in [7, 11) is 3.82. The summed E-state index contributed by atoms with van der Waals surface area (Å²) in [6, 6.07) is 13.9. The lowest BCUT2D eigenvalue weighted by Crippen LogP contribution is -2.41. The van der Waals surface area contributed by atoms with Crippen LogP contribution < -0.4 is 15.4 Å². The van der Waals surface area contributed by atoms with Crippen LogP contribution >= 0.6 is 27.5 Å². The van der Waals surface area contributed by atoms with E-state index in [-0.39, 0.29) is 27.7 Å². The van der Waals surface area contributed by atoms with E-state index in [0.29, 0.717) is 21.5 Å². The van der Waals surface area contributed by atoms with Crippen molar-refractivity contribution < 1.29 is 23.8 Å². The second-order valence-electron chi connectivity index (χ2n) is 6.77. The first-order valence-electron chi connectivity index (χ1n) is 9.49. The molecule has 0 aliphatic carbocycles. The number of benzene rings is 2. The van der Waals surface area contributed by atoms with Crippen LogP contribution in [0.25, 0.3) is 0 Å². The Labute approximate surface area is 203 Å². The number of anilines is 1. The number of ether oxygens (including phenoxy) is 3. The monoisotopic (exact) mass is 531 g/mol. The second kappa shape index (κ2) is 9.98. The van der Waals surface area contributed by atoms with E-state index in [9.17, 15) is 14.9 Å². The molecule has 0 radical (unpaired) electrons. The molecule has 2 aromatic carbocycles. The van der Waals surface area contributed by atoms with Crippen LogP contribution in [0.1, 0.15) is 11.5 Å². The lowest BCUT2D eigenvalue weighted by Gasteiger charge is -2.36. The molecule has 1 atom stereocenters. The average Bonchev–Trinajstić information content (AvgIpc) is 2.84. The molecule has 170 valence electrons. The Kier molecular flexibility index (Phi) is 7.31. The van der Waals surface area contributed by atoms with Crippen molar-refractivity contribution in [2.24, 2.45) is 5.73 Å². The number of nitrogens with zero attached hydrogens (tertiary/aromatic N) is 2. The van der Waals surface area contributed by atoms with Gasteiger partial charge in [-0.2, -0.15) is 5.26 Å². The molecule has 8 nitrogen and oxygen atoms in total. The minimum absolute atomic E-state index is 0.0492. The van der Waals surface area contributed by atoms with Gasteiger partial charge in [0.2, 0.25) is 0 Å². The Hall–Kier alpha value is -3.48. The number of methoxy groups -OCH3 is 3. The number of rotatable bonds is 5. The van der Waals surface area contributed by atoms with Crippen molar-refractivity contribution >= 4 is 45.2 Å². The summed E-state index contributed by atoms with van der Waals surface area (Å²) in [5.74, 6) is -2.32. The largest absolute Gasteiger partial charge is 0.495 e. The van der Waals surface area contributed by atoms with E-state index >= 15 is 0 Å². The van der Waals surface area contributed by atoms with E-state index in [1.807, 2.05) is 0 Å². The quantitative estimate of drug-likeness (QED) is 0.575. The van der Waals surface area contributed by atoms with Crippen LogP contribution in [0.15, 0.2) is 69.6 Å². The van der Waals surface area contributed by atoms with E-state index < -0.39 is 17.9 Å². The maximum atomic E-state index is 13.1. The predicted molar refractivity (Wildman–Crippen MR) is 125 cm³/mol. The summed E-state index contributed by atoms with van der Waals surface area (Å²) in [6.07, 6.45) is 0. The fraction of sp³-hybridized carbons (Fsp3) is 0.174. The van der Waals surface area contributed by atoms with Crippen LogP contribution in [0.5, 0.6) is 5.75 Å². The van der Waals surface area contributed by atoms with E-state index in [2.05, 4.69) is 22.0 Å². The van der Waals surface area contributed by atoms with Crippen LogP contribution in [-0.4, -0.2) is 33.3 Å². The Morgan fingerprint density at radius 2 is 1.76 bits per heavy atom. The summed E-state index contributed by atoms with van der Waals surface area (Å²) in [6.45, 7) is 0. The molecule has 0 aromatic heterocycles. The third-order valence-corrected chi connectivity index (χ3v) is 6.00. The van der Waals surface area contributed by atoms with E-state index in [0.717, 1.165) is 0 Å². The molecule has 0 bridgehead atoms. The van der Waals surface area contributed by atoms with Crippen LogP contribution in [0.2, 0.25) is 5.02 Å². The van der Waals surface area contributed by atoms with Crippen molar-refractivity contribution in [1.82, 2.24) is 0 Å². The van der Waals surface area contributed by atoms with Gasteiger partial charge in [-0.25, -0.2) is 9.59 Å². The second-order valence-corrected chi connectivity index (χ2v) is 8.03. The molecule has 1 aliphatic rings. The number of carbonyl (C=O) groups is 2. The third-order valence-electron chi connectivity index (χ3n) is 5.07. The summed E-state index contributed by atoms with van der Waals surface area (Å²) < 4.78 is 15.7. The van der Waals surface area contributed by atoms with Gasteiger partial charge in [0.25, 0.3) is 0 Å². The van der Waals surface area contributed by atoms with Crippen molar-refractivity contribution in [2.45, 2.75) is 5.92 Å². The number of carbonyl (C=O) groups excluding carboxylic acids is 2. The van der Waals surface area contributed by atoms with Gasteiger partial charge in [0.05, 0.1) is 55.2 Å². The molecule has 1 unspecified atom stereocenters. The Morgan fingerprint density at radius 3 is 2.30 bits per heavy atom. The Morgan fingerprint density at radius 1 is 1.12 bits per heavy atom. The lowest BCUT2D eigenvalue weighted by molar-refractivity contribution is -0.139. The molecule has 2 N–H and O–H groups in total. The fourth-order valence-corrected chi connectivity index (χ4v) is 4.34. The van der Waals surface area contributed by atoms with E-state index in [4.69, 9.17) is 31.5 Å². The molecule has 33 heavy (non-hydrogen) atoms. The SMILES string of the molecule is COC(=O)C1=C(C(=O)OC)N(c2cc(Cl)c(OC)cc2Br)C(N)=C(C#N)C1c1ccccc1. The maximum absolute atomic E-state index is 13.1. The molecule has 2 aromatic rings. The van der Waals surface area contributed by atoms with E-state index in [1.165, 1.54) is 32.3 Å². The van der Waals surface area contributed by atoms with Crippen LogP contribution in [0, 0.1) is 11.3 Å². The minimum atomic E-state index is -0.957. The number of hydrogen-bond donors (Lipinski definition) is 1. The third kappa shape index (κ3) is 4.27. The standard InChI is InChI=1S/C23H19BrClN3O5/c1-31-17-9-14(24)16(10-15(17)25)28-20(23(30)33-3)19(22(29)32-2)18(13(11-26)21(28)27)12-7-5-4-6-8-12/h4-10,18H,27H2,1-3H3. The Bertz CT molecular complexity index is 1220. The van der Waals surface area contributed by atoms with Crippen molar-refractivity contribution in [3.8, 4) is 11.8 Å². The van der Waals surface area contributed by atoms with Crippen molar-refractivity contribution in [3.63, 3.8) is 0 Å². The van der Waals surface area contributed by atoms with Crippen LogP contribution in [0.3, 0.4) is 0 Å². The smallest absolute Gasteiger partial charge is 0.355 e. The molecule has 10 heteroatoms. The van der Waals surface area contributed by atoms with Gasteiger partial charge in [0, 0.05) is 4.47 Å². The first-order valence-corrected chi connectivity index (χ1v) is 10.7. The maximum Gasteiger partial charge on any atom is 0.355 e. The van der Waals surface area contributed by atoms with Gasteiger partial charge in [-0.15, -0.1) is 0 Å². The highest BCUT2D eigenvalue weighted by atomic mass is 79.9. The molecule has 0 fully saturated rings. The fourth-order valence-electron chi connectivity index (χ4n) is 3.61. The Balaban J connectivity index is 2.44. The molecule has 3 rings (SSSR count).